The van der Waals surface area contributed by atoms with Crippen molar-refractivity contribution in [1.82, 2.24) is 14.5 Å². The van der Waals surface area contributed by atoms with Crippen LogP contribution < -0.4 is 4.90 Å². The number of nitrogens with zero attached hydrogens (tertiary/aromatic N) is 4. The summed E-state index contributed by atoms with van der Waals surface area (Å²) in [5, 5.41) is 11.1. The minimum absolute atomic E-state index is 0.00320. The SMILES string of the molecule is CCn1c(C(O)(c2ccc(F)cc2)C(F)(F)F)nc2ccc(C(=O)N3CCN(c4ccc(C)cc4)C(=O)C3)cc21. The quantitative estimate of drug-likeness (QED) is 0.360. The fourth-order valence-electron chi connectivity index (χ4n) is 4.99. The number of benzene rings is 3. The molecule has 0 radical (unpaired) electrons. The lowest BCUT2D eigenvalue weighted by Crippen LogP contribution is -2.52. The number of rotatable bonds is 5. The van der Waals surface area contributed by atoms with E-state index >= 15 is 0 Å². The number of piperazine rings is 1. The van der Waals surface area contributed by atoms with Crippen molar-refractivity contribution in [3.05, 3.63) is 95.1 Å². The predicted molar refractivity (Wildman–Crippen MR) is 140 cm³/mol. The zero-order valence-electron chi connectivity index (χ0n) is 21.7. The maximum absolute atomic E-state index is 14.4. The van der Waals surface area contributed by atoms with Gasteiger partial charge in [0.15, 0.2) is 5.82 Å². The normalized spacial score (nSPS) is 15.9. The summed E-state index contributed by atoms with van der Waals surface area (Å²) in [6.45, 7) is 3.94. The Morgan fingerprint density at radius 1 is 1.00 bits per heavy atom. The highest BCUT2D eigenvalue weighted by atomic mass is 19.4. The van der Waals surface area contributed by atoms with E-state index < -0.39 is 34.9 Å². The Morgan fingerprint density at radius 2 is 1.68 bits per heavy atom. The summed E-state index contributed by atoms with van der Waals surface area (Å²) < 4.78 is 57.8. The van der Waals surface area contributed by atoms with E-state index in [-0.39, 0.29) is 42.1 Å². The highest BCUT2D eigenvalue weighted by Crippen LogP contribution is 2.44. The minimum Gasteiger partial charge on any atom is -0.370 e. The van der Waals surface area contributed by atoms with Crippen molar-refractivity contribution < 1.29 is 32.3 Å². The van der Waals surface area contributed by atoms with Gasteiger partial charge in [-0.05, 0) is 56.3 Å². The van der Waals surface area contributed by atoms with Crippen molar-refractivity contribution in [1.29, 1.82) is 0 Å². The van der Waals surface area contributed by atoms with E-state index in [1.54, 1.807) is 11.8 Å². The molecule has 1 unspecified atom stereocenters. The molecular formula is C29H26F4N4O3. The lowest BCUT2D eigenvalue weighted by Gasteiger charge is -2.34. The van der Waals surface area contributed by atoms with Gasteiger partial charge in [-0.15, -0.1) is 0 Å². The van der Waals surface area contributed by atoms with Gasteiger partial charge in [0.05, 0.1) is 11.0 Å². The van der Waals surface area contributed by atoms with Gasteiger partial charge in [-0.25, -0.2) is 9.37 Å². The van der Waals surface area contributed by atoms with Gasteiger partial charge in [0.1, 0.15) is 12.4 Å². The first-order valence-electron chi connectivity index (χ1n) is 12.7. The first-order chi connectivity index (χ1) is 18.9. The van der Waals surface area contributed by atoms with E-state index in [1.165, 1.54) is 27.7 Å². The highest BCUT2D eigenvalue weighted by Gasteiger charge is 2.59. The molecular weight excluding hydrogens is 528 g/mol. The molecule has 2 amide bonds. The largest absolute Gasteiger partial charge is 0.428 e. The molecule has 4 aromatic rings. The second-order valence-corrected chi connectivity index (χ2v) is 9.71. The Bertz CT molecular complexity index is 1580. The summed E-state index contributed by atoms with van der Waals surface area (Å²) >= 11 is 0. The number of aryl methyl sites for hydroxylation is 2. The van der Waals surface area contributed by atoms with E-state index in [2.05, 4.69) is 4.98 Å². The first-order valence-corrected chi connectivity index (χ1v) is 12.7. The number of alkyl halides is 3. The van der Waals surface area contributed by atoms with Crippen molar-refractivity contribution in [2.24, 2.45) is 0 Å². The standard InChI is InChI=1S/C29H26F4N4O3/c1-3-36-24-16-19(26(39)35-14-15-37(25(38)17-35)22-11-4-18(2)5-12-22)6-13-23(24)34-27(36)28(40,29(31,32)33)20-7-9-21(30)10-8-20/h4-13,16,40H,3,14-15,17H2,1-2H3. The summed E-state index contributed by atoms with van der Waals surface area (Å²) in [6.07, 6.45) is -5.19. The van der Waals surface area contributed by atoms with Gasteiger partial charge in [0.2, 0.25) is 11.5 Å². The maximum atomic E-state index is 14.4. The van der Waals surface area contributed by atoms with Crippen LogP contribution in [-0.2, 0) is 16.9 Å². The maximum Gasteiger partial charge on any atom is 0.428 e. The molecule has 0 bridgehead atoms. The Labute approximate surface area is 227 Å². The van der Waals surface area contributed by atoms with E-state index in [0.717, 1.165) is 35.5 Å². The second-order valence-electron chi connectivity index (χ2n) is 9.71. The summed E-state index contributed by atoms with van der Waals surface area (Å²) in [5.74, 6) is -2.15. The molecule has 208 valence electrons. The number of carbonyl (C=O) groups is 2. The van der Waals surface area contributed by atoms with Gasteiger partial charge in [-0.1, -0.05) is 29.8 Å². The molecule has 40 heavy (non-hydrogen) atoms. The Kier molecular flexibility index (Phi) is 6.87. The molecule has 1 fully saturated rings. The van der Waals surface area contributed by atoms with Crippen LogP contribution in [0, 0.1) is 12.7 Å². The van der Waals surface area contributed by atoms with Crippen LogP contribution in [0.25, 0.3) is 11.0 Å². The third kappa shape index (κ3) is 4.60. The molecule has 11 heteroatoms. The topological polar surface area (TPSA) is 78.7 Å². The van der Waals surface area contributed by atoms with Crippen molar-refractivity contribution >= 4 is 28.5 Å². The molecule has 7 nitrogen and oxygen atoms in total. The number of imidazole rings is 1. The third-order valence-corrected chi connectivity index (χ3v) is 7.16. The Balaban J connectivity index is 1.48. The Morgan fingerprint density at radius 3 is 2.27 bits per heavy atom. The molecule has 1 aromatic heterocycles. The van der Waals surface area contributed by atoms with E-state index in [1.807, 2.05) is 31.2 Å². The number of aliphatic hydroxyl groups is 1. The molecule has 1 aliphatic rings. The number of hydrogen-bond acceptors (Lipinski definition) is 4. The second kappa shape index (κ2) is 10.1. The monoisotopic (exact) mass is 554 g/mol. The Hall–Kier alpha value is -4.25. The lowest BCUT2D eigenvalue weighted by molar-refractivity contribution is -0.252. The average Bonchev–Trinajstić information content (AvgIpc) is 3.30. The summed E-state index contributed by atoms with van der Waals surface area (Å²) in [5.41, 5.74) is -1.81. The zero-order chi connectivity index (χ0) is 28.8. The summed E-state index contributed by atoms with van der Waals surface area (Å²) in [7, 11) is 0. The number of hydrogen-bond donors (Lipinski definition) is 1. The van der Waals surface area contributed by atoms with Crippen LogP contribution in [0.5, 0.6) is 0 Å². The van der Waals surface area contributed by atoms with E-state index in [0.29, 0.717) is 6.54 Å². The minimum atomic E-state index is -5.19. The van der Waals surface area contributed by atoms with Gasteiger partial charge in [0, 0.05) is 36.4 Å². The number of fused-ring (bicyclic) bond motifs is 1. The first kappa shape index (κ1) is 27.3. The molecule has 1 aliphatic heterocycles. The predicted octanol–water partition coefficient (Wildman–Crippen LogP) is 4.79. The molecule has 1 N–H and O–H groups in total. The molecule has 0 saturated carbocycles. The number of halogens is 4. The molecule has 0 aliphatic carbocycles. The van der Waals surface area contributed by atoms with Crippen LogP contribution in [0.2, 0.25) is 0 Å². The highest BCUT2D eigenvalue weighted by molar-refractivity contribution is 6.03. The number of aromatic nitrogens is 2. The third-order valence-electron chi connectivity index (χ3n) is 7.16. The van der Waals surface area contributed by atoms with Crippen molar-refractivity contribution in [2.75, 3.05) is 24.5 Å². The van der Waals surface area contributed by atoms with E-state index in [4.69, 9.17) is 0 Å². The lowest BCUT2D eigenvalue weighted by atomic mass is 9.92. The van der Waals surface area contributed by atoms with Crippen LogP contribution in [0.3, 0.4) is 0 Å². The molecule has 1 saturated heterocycles. The van der Waals surface area contributed by atoms with Crippen molar-refractivity contribution in [3.63, 3.8) is 0 Å². The van der Waals surface area contributed by atoms with E-state index in [9.17, 15) is 32.3 Å². The molecule has 3 aromatic carbocycles. The molecule has 1 atom stereocenters. The smallest absolute Gasteiger partial charge is 0.370 e. The van der Waals surface area contributed by atoms with Gasteiger partial charge in [-0.2, -0.15) is 13.2 Å². The van der Waals surface area contributed by atoms with Gasteiger partial charge >= 0.3 is 6.18 Å². The van der Waals surface area contributed by atoms with Crippen LogP contribution in [-0.4, -0.2) is 57.2 Å². The average molecular weight is 555 g/mol. The van der Waals surface area contributed by atoms with Crippen LogP contribution in [0.15, 0.2) is 66.7 Å². The number of amides is 2. The van der Waals surface area contributed by atoms with Crippen LogP contribution in [0.1, 0.15) is 34.2 Å². The van der Waals surface area contributed by atoms with Gasteiger partial charge < -0.3 is 19.5 Å². The van der Waals surface area contributed by atoms with Crippen molar-refractivity contribution in [2.45, 2.75) is 32.2 Å². The fourth-order valence-corrected chi connectivity index (χ4v) is 4.99. The van der Waals surface area contributed by atoms with Gasteiger partial charge in [-0.3, -0.25) is 9.59 Å². The van der Waals surface area contributed by atoms with Crippen LogP contribution >= 0.6 is 0 Å². The van der Waals surface area contributed by atoms with Crippen LogP contribution in [0.4, 0.5) is 23.2 Å². The molecule has 0 spiro atoms. The molecule has 5 rings (SSSR count). The zero-order valence-corrected chi connectivity index (χ0v) is 21.7. The summed E-state index contributed by atoms with van der Waals surface area (Å²) in [6, 6.07) is 15.1. The number of anilines is 1. The summed E-state index contributed by atoms with van der Waals surface area (Å²) in [4.78, 5) is 33.3. The van der Waals surface area contributed by atoms with Gasteiger partial charge in [0.25, 0.3) is 5.91 Å². The molecule has 2 heterocycles. The fraction of sp³-hybridized carbons (Fsp3) is 0.276. The number of carbonyl (C=O) groups excluding carboxylic acids is 2. The van der Waals surface area contributed by atoms with Crippen molar-refractivity contribution in [3.8, 4) is 0 Å².